The second-order valence-corrected chi connectivity index (χ2v) is 2.90. The largest absolute Gasteiger partial charge is 0.300 e. The second-order valence-electron chi connectivity index (χ2n) is 2.90. The van der Waals surface area contributed by atoms with Gasteiger partial charge in [-0.1, -0.05) is 27.2 Å². The van der Waals surface area contributed by atoms with E-state index in [4.69, 9.17) is 5.26 Å². The number of Topliss-reactive ketones (excluding diaryl/α,β-unsaturated/α-hetero) is 1. The number of rotatable bonds is 5. The minimum Gasteiger partial charge on any atom is -0.300 e. The van der Waals surface area contributed by atoms with Crippen molar-refractivity contribution in [2.75, 3.05) is 0 Å². The van der Waals surface area contributed by atoms with E-state index in [1.54, 1.807) is 0 Å². The molecule has 0 spiro atoms. The Morgan fingerprint density at radius 3 is 2.08 bits per heavy atom. The van der Waals surface area contributed by atoms with Crippen LogP contribution in [0.3, 0.4) is 0 Å². The number of nitrogens with zero attached hydrogens (tertiary/aromatic N) is 1. The lowest BCUT2D eigenvalue weighted by Crippen LogP contribution is -1.92. The van der Waals surface area contributed by atoms with Crippen LogP contribution in [0.2, 0.25) is 0 Å². The van der Waals surface area contributed by atoms with E-state index >= 15 is 0 Å². The molecule has 0 bridgehead atoms. The molecule has 0 rings (SSSR count). The smallest absolute Gasteiger partial charge is 0.132 e. The quantitative estimate of drug-likeness (QED) is 0.654. The molecule has 0 saturated heterocycles. The fourth-order valence-electron chi connectivity index (χ4n) is 0.663. The first kappa shape index (κ1) is 14.7. The Morgan fingerprint density at radius 2 is 1.85 bits per heavy atom. The fourth-order valence-corrected chi connectivity index (χ4v) is 0.663. The maximum Gasteiger partial charge on any atom is 0.132 e. The standard InChI is InChI=1S/C7H14O.C4H7N/c1-3-5-6-7(8)4-2;1-2-3-4-5/h3-6H2,1-2H3;2-3H2,1H3. The Balaban J connectivity index is 0. The Hall–Kier alpha value is -0.840. The van der Waals surface area contributed by atoms with E-state index in [-0.39, 0.29) is 0 Å². The van der Waals surface area contributed by atoms with Gasteiger partial charge in [0.15, 0.2) is 0 Å². The zero-order valence-corrected chi connectivity index (χ0v) is 9.10. The van der Waals surface area contributed by atoms with Crippen LogP contribution in [-0.4, -0.2) is 5.78 Å². The zero-order valence-electron chi connectivity index (χ0n) is 9.10. The van der Waals surface area contributed by atoms with Crippen LogP contribution in [0.4, 0.5) is 0 Å². The number of ketones is 1. The van der Waals surface area contributed by atoms with E-state index in [2.05, 4.69) is 6.92 Å². The summed E-state index contributed by atoms with van der Waals surface area (Å²) in [6, 6.07) is 2.02. The first-order valence-corrected chi connectivity index (χ1v) is 5.11. The molecule has 0 aliphatic carbocycles. The number of carbonyl (C=O) groups excluding carboxylic acids is 1. The predicted octanol–water partition coefficient (Wildman–Crippen LogP) is 3.47. The molecule has 0 radical (unpaired) electrons. The molecule has 13 heavy (non-hydrogen) atoms. The highest BCUT2D eigenvalue weighted by Gasteiger charge is 1.93. The summed E-state index contributed by atoms with van der Waals surface area (Å²) in [6.07, 6.45) is 5.36. The van der Waals surface area contributed by atoms with E-state index in [0.717, 1.165) is 25.7 Å². The molecule has 0 aromatic carbocycles. The second kappa shape index (κ2) is 13.7. The molecule has 0 fully saturated rings. The van der Waals surface area contributed by atoms with Crippen molar-refractivity contribution in [3.8, 4) is 6.07 Å². The van der Waals surface area contributed by atoms with Crippen molar-refractivity contribution in [2.45, 2.75) is 59.3 Å². The van der Waals surface area contributed by atoms with Gasteiger partial charge in [0.1, 0.15) is 5.78 Å². The summed E-state index contributed by atoms with van der Waals surface area (Å²) in [5, 5.41) is 7.82. The summed E-state index contributed by atoms with van der Waals surface area (Å²) >= 11 is 0. The normalized spacial score (nSPS) is 8.15. The zero-order chi connectivity index (χ0) is 10.5. The van der Waals surface area contributed by atoms with Crippen LogP contribution in [0.5, 0.6) is 0 Å². The molecule has 0 atom stereocenters. The van der Waals surface area contributed by atoms with Crippen molar-refractivity contribution in [1.82, 2.24) is 0 Å². The van der Waals surface area contributed by atoms with Crippen molar-refractivity contribution in [1.29, 1.82) is 5.26 Å². The number of carbonyl (C=O) groups is 1. The van der Waals surface area contributed by atoms with Gasteiger partial charge < -0.3 is 0 Å². The van der Waals surface area contributed by atoms with Gasteiger partial charge in [-0.25, -0.2) is 0 Å². The average Bonchev–Trinajstić information content (AvgIpc) is 2.16. The molecule has 0 aromatic rings. The topological polar surface area (TPSA) is 40.9 Å². The molecule has 0 amide bonds. The van der Waals surface area contributed by atoms with Gasteiger partial charge in [-0.15, -0.1) is 0 Å². The van der Waals surface area contributed by atoms with E-state index in [1.807, 2.05) is 19.9 Å². The molecule has 0 aliphatic rings. The highest BCUT2D eigenvalue weighted by atomic mass is 16.1. The van der Waals surface area contributed by atoms with Crippen molar-refractivity contribution >= 4 is 5.78 Å². The van der Waals surface area contributed by atoms with Gasteiger partial charge in [0, 0.05) is 19.3 Å². The number of hydrogen-bond donors (Lipinski definition) is 0. The average molecular weight is 183 g/mol. The van der Waals surface area contributed by atoms with Gasteiger partial charge in [0.25, 0.3) is 0 Å². The van der Waals surface area contributed by atoms with Crippen LogP contribution in [0.1, 0.15) is 59.3 Å². The molecule has 0 unspecified atom stereocenters. The third kappa shape index (κ3) is 18.3. The Labute approximate surface area is 81.9 Å². The third-order valence-corrected chi connectivity index (χ3v) is 1.57. The lowest BCUT2D eigenvalue weighted by atomic mass is 10.1. The van der Waals surface area contributed by atoms with E-state index < -0.39 is 0 Å². The summed E-state index contributed by atoms with van der Waals surface area (Å²) in [7, 11) is 0. The van der Waals surface area contributed by atoms with Crippen LogP contribution in [-0.2, 0) is 4.79 Å². The summed E-state index contributed by atoms with van der Waals surface area (Å²) in [4.78, 5) is 10.6. The molecule has 0 aliphatic heterocycles. The Morgan fingerprint density at radius 1 is 1.23 bits per heavy atom. The maximum atomic E-state index is 10.6. The van der Waals surface area contributed by atoms with Crippen LogP contribution < -0.4 is 0 Å². The minimum absolute atomic E-state index is 0.395. The van der Waals surface area contributed by atoms with Gasteiger partial charge in [0.05, 0.1) is 6.07 Å². The monoisotopic (exact) mass is 183 g/mol. The summed E-state index contributed by atoms with van der Waals surface area (Å²) in [6.45, 7) is 6.00. The van der Waals surface area contributed by atoms with Gasteiger partial charge in [-0.3, -0.25) is 4.79 Å². The van der Waals surface area contributed by atoms with E-state index in [9.17, 15) is 4.79 Å². The Bertz CT molecular complexity index is 147. The van der Waals surface area contributed by atoms with Gasteiger partial charge in [-0.2, -0.15) is 5.26 Å². The lowest BCUT2D eigenvalue weighted by Gasteiger charge is -1.91. The number of nitriles is 1. The van der Waals surface area contributed by atoms with Crippen LogP contribution in [0.25, 0.3) is 0 Å². The molecular weight excluding hydrogens is 162 g/mol. The van der Waals surface area contributed by atoms with Gasteiger partial charge >= 0.3 is 0 Å². The molecule has 2 nitrogen and oxygen atoms in total. The highest BCUT2D eigenvalue weighted by molar-refractivity contribution is 5.77. The molecule has 0 saturated carbocycles. The van der Waals surface area contributed by atoms with Crippen LogP contribution >= 0.6 is 0 Å². The van der Waals surface area contributed by atoms with Crippen LogP contribution in [0, 0.1) is 11.3 Å². The summed E-state index contributed by atoms with van der Waals surface area (Å²) in [5.41, 5.74) is 0. The molecular formula is C11H21NO. The van der Waals surface area contributed by atoms with Crippen molar-refractivity contribution in [3.05, 3.63) is 0 Å². The van der Waals surface area contributed by atoms with E-state index in [1.165, 1.54) is 0 Å². The number of hydrogen-bond acceptors (Lipinski definition) is 2. The molecule has 0 heterocycles. The molecule has 0 aromatic heterocycles. The fraction of sp³-hybridized carbons (Fsp3) is 0.818. The predicted molar refractivity (Wildman–Crippen MR) is 55.3 cm³/mol. The van der Waals surface area contributed by atoms with Crippen molar-refractivity contribution < 1.29 is 4.79 Å². The Kier molecular flexibility index (Phi) is 15.5. The lowest BCUT2D eigenvalue weighted by molar-refractivity contribution is -0.118. The summed E-state index contributed by atoms with van der Waals surface area (Å²) in [5.74, 6) is 0.395. The van der Waals surface area contributed by atoms with E-state index in [0.29, 0.717) is 18.6 Å². The maximum absolute atomic E-state index is 10.6. The SMILES string of the molecule is CCCC#N.CCCCC(=O)CC. The van der Waals surface area contributed by atoms with Crippen molar-refractivity contribution in [3.63, 3.8) is 0 Å². The minimum atomic E-state index is 0.395. The van der Waals surface area contributed by atoms with Crippen molar-refractivity contribution in [2.24, 2.45) is 0 Å². The van der Waals surface area contributed by atoms with Crippen LogP contribution in [0.15, 0.2) is 0 Å². The number of unbranched alkanes of at least 4 members (excludes halogenated alkanes) is 2. The molecule has 2 heteroatoms. The highest BCUT2D eigenvalue weighted by Crippen LogP contribution is 1.96. The summed E-state index contributed by atoms with van der Waals surface area (Å²) < 4.78 is 0. The third-order valence-electron chi connectivity index (χ3n) is 1.57. The molecule has 76 valence electrons. The first-order chi connectivity index (χ1) is 6.22. The van der Waals surface area contributed by atoms with Gasteiger partial charge in [-0.05, 0) is 12.8 Å². The first-order valence-electron chi connectivity index (χ1n) is 5.11. The molecule has 0 N–H and O–H groups in total. The van der Waals surface area contributed by atoms with Gasteiger partial charge in [0.2, 0.25) is 0 Å².